The van der Waals surface area contributed by atoms with Crippen molar-refractivity contribution in [1.82, 2.24) is 0 Å². The minimum absolute atomic E-state index is 0.121. The zero-order chi connectivity index (χ0) is 9.84. The number of hydrogen-bond acceptors (Lipinski definition) is 2. The van der Waals surface area contributed by atoms with E-state index >= 15 is 0 Å². The van der Waals surface area contributed by atoms with Crippen LogP contribution in [0.2, 0.25) is 0 Å². The van der Waals surface area contributed by atoms with Gasteiger partial charge in [-0.3, -0.25) is 4.79 Å². The first-order valence-electron chi connectivity index (χ1n) is 3.60. The maximum atomic E-state index is 12.6. The molecule has 13 heavy (non-hydrogen) atoms. The van der Waals surface area contributed by atoms with Crippen LogP contribution in [-0.2, 0) is 4.79 Å². The number of nitrogens with one attached hydrogen (secondary N) is 1. The molecule has 0 radical (unpaired) electrons. The third kappa shape index (κ3) is 2.27. The minimum Gasteiger partial charge on any atom is -0.325 e. The van der Waals surface area contributed by atoms with Gasteiger partial charge >= 0.3 is 0 Å². The lowest BCUT2D eigenvalue weighted by Crippen LogP contribution is -2.07. The first kappa shape index (κ1) is 9.20. The lowest BCUT2D eigenvalue weighted by molar-refractivity contribution is -0.114. The Morgan fingerprint density at radius 1 is 1.62 bits per heavy atom. The Morgan fingerprint density at radius 3 is 2.85 bits per heavy atom. The summed E-state index contributed by atoms with van der Waals surface area (Å²) in [7, 11) is 0. The van der Waals surface area contributed by atoms with Crippen LogP contribution >= 0.6 is 0 Å². The smallest absolute Gasteiger partial charge is 0.221 e. The van der Waals surface area contributed by atoms with Gasteiger partial charge in [-0.15, -0.1) is 0 Å². The molecule has 4 heteroatoms. The van der Waals surface area contributed by atoms with Crippen molar-refractivity contribution >= 4 is 11.6 Å². The van der Waals surface area contributed by atoms with Crippen molar-refractivity contribution in [3.05, 3.63) is 29.6 Å². The third-order valence-electron chi connectivity index (χ3n) is 1.41. The van der Waals surface area contributed by atoms with E-state index in [2.05, 4.69) is 5.32 Å². The van der Waals surface area contributed by atoms with Crippen molar-refractivity contribution in [2.75, 3.05) is 5.32 Å². The summed E-state index contributed by atoms with van der Waals surface area (Å²) in [6.07, 6.45) is 0. The average Bonchev–Trinajstić information content (AvgIpc) is 2.07. The molecule has 66 valence electrons. The molecule has 1 aromatic rings. The standard InChI is InChI=1S/C9H7FN2O/c1-6(13)12-9-3-2-8(10)4-7(9)5-11/h2-4H,1H3,(H,12,13). The van der Waals surface area contributed by atoms with Gasteiger partial charge < -0.3 is 5.32 Å². The fraction of sp³-hybridized carbons (Fsp3) is 0.111. The largest absolute Gasteiger partial charge is 0.325 e. The molecule has 0 aliphatic carbocycles. The van der Waals surface area contributed by atoms with E-state index in [0.29, 0.717) is 5.69 Å². The maximum Gasteiger partial charge on any atom is 0.221 e. The van der Waals surface area contributed by atoms with E-state index < -0.39 is 5.82 Å². The van der Waals surface area contributed by atoms with Crippen LogP contribution < -0.4 is 5.32 Å². The summed E-state index contributed by atoms with van der Waals surface area (Å²) in [5.41, 5.74) is 0.451. The molecule has 0 spiro atoms. The topological polar surface area (TPSA) is 52.9 Å². The Bertz CT molecular complexity index is 382. The van der Waals surface area contributed by atoms with Crippen molar-refractivity contribution in [1.29, 1.82) is 5.26 Å². The molecule has 0 aliphatic rings. The van der Waals surface area contributed by atoms with E-state index in [0.717, 1.165) is 6.07 Å². The number of nitriles is 1. The van der Waals surface area contributed by atoms with Crippen molar-refractivity contribution in [3.63, 3.8) is 0 Å². The summed E-state index contributed by atoms with van der Waals surface area (Å²) in [4.78, 5) is 10.7. The number of hydrogen-bond donors (Lipinski definition) is 1. The zero-order valence-corrected chi connectivity index (χ0v) is 6.97. The maximum absolute atomic E-state index is 12.6. The average molecular weight is 178 g/mol. The zero-order valence-electron chi connectivity index (χ0n) is 6.97. The monoisotopic (exact) mass is 178 g/mol. The molecule has 1 rings (SSSR count). The van der Waals surface area contributed by atoms with Gasteiger partial charge in [-0.25, -0.2) is 4.39 Å². The highest BCUT2D eigenvalue weighted by Gasteiger charge is 2.03. The lowest BCUT2D eigenvalue weighted by atomic mass is 10.2. The molecule has 1 aromatic carbocycles. The normalized spacial score (nSPS) is 9.00. The first-order valence-corrected chi connectivity index (χ1v) is 3.60. The summed E-state index contributed by atoms with van der Waals surface area (Å²) in [5.74, 6) is -0.784. The number of nitrogens with zero attached hydrogens (tertiary/aromatic N) is 1. The van der Waals surface area contributed by atoms with Gasteiger partial charge in [0.1, 0.15) is 11.9 Å². The van der Waals surface area contributed by atoms with Crippen LogP contribution in [0.4, 0.5) is 10.1 Å². The number of halogens is 1. The van der Waals surface area contributed by atoms with E-state index in [4.69, 9.17) is 5.26 Å². The number of carbonyl (C=O) groups excluding carboxylic acids is 1. The van der Waals surface area contributed by atoms with Crippen molar-refractivity contribution < 1.29 is 9.18 Å². The van der Waals surface area contributed by atoms with Gasteiger partial charge in [0.2, 0.25) is 5.91 Å². The molecule has 3 nitrogen and oxygen atoms in total. The predicted octanol–water partition coefficient (Wildman–Crippen LogP) is 1.66. The fourth-order valence-electron chi connectivity index (χ4n) is 0.908. The van der Waals surface area contributed by atoms with Crippen molar-refractivity contribution in [2.24, 2.45) is 0 Å². The number of amides is 1. The number of carbonyl (C=O) groups is 1. The van der Waals surface area contributed by atoms with E-state index in [-0.39, 0.29) is 11.5 Å². The SMILES string of the molecule is CC(=O)Nc1ccc(F)cc1C#N. The van der Waals surface area contributed by atoms with Crippen LogP contribution in [0.15, 0.2) is 18.2 Å². The quantitative estimate of drug-likeness (QED) is 0.710. The molecule has 0 bridgehead atoms. The molecular weight excluding hydrogens is 171 g/mol. The molecule has 1 amide bonds. The van der Waals surface area contributed by atoms with E-state index in [9.17, 15) is 9.18 Å². The van der Waals surface area contributed by atoms with Gasteiger partial charge in [0.05, 0.1) is 11.3 Å². The Hall–Kier alpha value is -1.89. The predicted molar refractivity (Wildman–Crippen MR) is 45.4 cm³/mol. The van der Waals surface area contributed by atoms with Crippen LogP contribution in [0.1, 0.15) is 12.5 Å². The Labute approximate surface area is 74.8 Å². The number of benzene rings is 1. The van der Waals surface area contributed by atoms with E-state index in [1.54, 1.807) is 6.07 Å². The van der Waals surface area contributed by atoms with Crippen molar-refractivity contribution in [2.45, 2.75) is 6.92 Å². The molecule has 1 N–H and O–H groups in total. The van der Waals surface area contributed by atoms with Crippen LogP contribution in [0.3, 0.4) is 0 Å². The second kappa shape index (κ2) is 3.68. The van der Waals surface area contributed by atoms with Gasteiger partial charge in [-0.1, -0.05) is 0 Å². The van der Waals surface area contributed by atoms with E-state index in [1.165, 1.54) is 19.1 Å². The molecule has 0 fully saturated rings. The third-order valence-corrected chi connectivity index (χ3v) is 1.41. The Balaban J connectivity index is 3.08. The highest BCUT2D eigenvalue weighted by molar-refractivity contribution is 5.90. The first-order chi connectivity index (χ1) is 6.13. The van der Waals surface area contributed by atoms with Crippen LogP contribution in [0, 0.1) is 17.1 Å². The summed E-state index contributed by atoms with van der Waals surface area (Å²) >= 11 is 0. The summed E-state index contributed by atoms with van der Waals surface area (Å²) in [6.45, 7) is 1.32. The number of anilines is 1. The summed E-state index contributed by atoms with van der Waals surface area (Å²) in [5, 5.41) is 11.0. The molecule has 0 aliphatic heterocycles. The molecule has 0 aromatic heterocycles. The van der Waals surface area contributed by atoms with Crippen LogP contribution in [0.5, 0.6) is 0 Å². The highest BCUT2D eigenvalue weighted by atomic mass is 19.1. The van der Waals surface area contributed by atoms with Gasteiger partial charge in [0.15, 0.2) is 0 Å². The molecular formula is C9H7FN2O. The van der Waals surface area contributed by atoms with Crippen LogP contribution in [0.25, 0.3) is 0 Å². The molecule has 0 heterocycles. The molecule has 0 saturated carbocycles. The Kier molecular flexibility index (Phi) is 2.60. The minimum atomic E-state index is -0.495. The second-order valence-corrected chi connectivity index (χ2v) is 2.48. The van der Waals surface area contributed by atoms with E-state index in [1.807, 2.05) is 0 Å². The summed E-state index contributed by atoms with van der Waals surface area (Å²) in [6, 6.07) is 5.40. The van der Waals surface area contributed by atoms with Gasteiger partial charge in [-0.05, 0) is 18.2 Å². The van der Waals surface area contributed by atoms with Gasteiger partial charge in [-0.2, -0.15) is 5.26 Å². The number of rotatable bonds is 1. The lowest BCUT2D eigenvalue weighted by Gasteiger charge is -2.03. The Morgan fingerprint density at radius 2 is 2.31 bits per heavy atom. The van der Waals surface area contributed by atoms with Crippen LogP contribution in [-0.4, -0.2) is 5.91 Å². The van der Waals surface area contributed by atoms with Crippen molar-refractivity contribution in [3.8, 4) is 6.07 Å². The fourth-order valence-corrected chi connectivity index (χ4v) is 0.908. The molecule has 0 saturated heterocycles. The highest BCUT2D eigenvalue weighted by Crippen LogP contribution is 2.15. The second-order valence-electron chi connectivity index (χ2n) is 2.48. The molecule has 0 unspecified atom stereocenters. The van der Waals surface area contributed by atoms with Gasteiger partial charge in [0, 0.05) is 6.92 Å². The molecule has 0 atom stereocenters. The summed E-state index contributed by atoms with van der Waals surface area (Å²) < 4.78 is 12.6. The van der Waals surface area contributed by atoms with Gasteiger partial charge in [0.25, 0.3) is 0 Å².